The van der Waals surface area contributed by atoms with E-state index in [1.165, 1.54) is 5.56 Å². The molecule has 1 rings (SSSR count). The number of hydrogen-bond acceptors (Lipinski definition) is 3. The normalized spacial score (nSPS) is 10.9. The zero-order valence-electron chi connectivity index (χ0n) is 12.5. The van der Waals surface area contributed by atoms with E-state index in [2.05, 4.69) is 0 Å². The van der Waals surface area contributed by atoms with Crippen LogP contribution in [0.15, 0.2) is 30.3 Å². The Hall–Kier alpha value is -1.65. The van der Waals surface area contributed by atoms with Crippen LogP contribution in [0.1, 0.15) is 11.1 Å². The van der Waals surface area contributed by atoms with Gasteiger partial charge in [-0.25, -0.2) is 0 Å². The average molecular weight is 277 g/mol. The summed E-state index contributed by atoms with van der Waals surface area (Å²) >= 11 is 0. The van der Waals surface area contributed by atoms with E-state index in [1.807, 2.05) is 37.3 Å². The number of hydrogen-bond donors (Lipinski definition) is 0. The van der Waals surface area contributed by atoms with Crippen molar-refractivity contribution in [1.29, 1.82) is 0 Å². The maximum absolute atomic E-state index is 12.1. The minimum atomic E-state index is -0.0281. The molecule has 0 saturated heterocycles. The Labute approximate surface area is 121 Å². The quantitative estimate of drug-likeness (QED) is 0.683. The van der Waals surface area contributed by atoms with Crippen LogP contribution in [0.25, 0.3) is 6.08 Å². The fourth-order valence-electron chi connectivity index (χ4n) is 1.69. The molecule has 0 heterocycles. The highest BCUT2D eigenvalue weighted by atomic mass is 16.5. The molecule has 4 heteroatoms. The molecule has 0 saturated carbocycles. The summed E-state index contributed by atoms with van der Waals surface area (Å²) in [5.74, 6) is -0.0281. The predicted molar refractivity (Wildman–Crippen MR) is 80.5 cm³/mol. The average Bonchev–Trinajstić information content (AvgIpc) is 2.46. The van der Waals surface area contributed by atoms with Gasteiger partial charge in [0.05, 0.1) is 13.2 Å². The third-order valence-corrected chi connectivity index (χ3v) is 2.94. The highest BCUT2D eigenvalue weighted by Crippen LogP contribution is 2.05. The number of carbonyl (C=O) groups excluding carboxylic acids is 1. The summed E-state index contributed by atoms with van der Waals surface area (Å²) < 4.78 is 10.0. The first-order chi connectivity index (χ1) is 9.67. The van der Waals surface area contributed by atoms with Crippen molar-refractivity contribution >= 4 is 12.0 Å². The Morgan fingerprint density at radius 3 is 2.15 bits per heavy atom. The number of carbonyl (C=O) groups is 1. The number of ether oxygens (including phenoxy) is 2. The monoisotopic (exact) mass is 277 g/mol. The van der Waals surface area contributed by atoms with Gasteiger partial charge < -0.3 is 14.4 Å². The molecule has 1 aromatic rings. The standard InChI is InChI=1S/C16H23NO3/c1-14-4-6-15(7-5-14)8-9-16(18)17(10-12-19-2)11-13-20-3/h4-9H,10-13H2,1-3H3/b9-8+. The fraction of sp³-hybridized carbons (Fsp3) is 0.438. The number of aryl methyl sites for hydroxylation is 1. The van der Waals surface area contributed by atoms with Gasteiger partial charge in [0.1, 0.15) is 0 Å². The fourth-order valence-corrected chi connectivity index (χ4v) is 1.69. The SMILES string of the molecule is COCCN(CCOC)C(=O)/C=C/c1ccc(C)cc1. The van der Waals surface area contributed by atoms with Gasteiger partial charge in [-0.1, -0.05) is 29.8 Å². The summed E-state index contributed by atoms with van der Waals surface area (Å²) in [6.45, 7) is 4.21. The molecular weight excluding hydrogens is 254 g/mol. The van der Waals surface area contributed by atoms with E-state index in [1.54, 1.807) is 25.2 Å². The second-order valence-electron chi connectivity index (χ2n) is 4.55. The third-order valence-electron chi connectivity index (χ3n) is 2.94. The van der Waals surface area contributed by atoms with Crippen LogP contribution >= 0.6 is 0 Å². The van der Waals surface area contributed by atoms with Crippen LogP contribution < -0.4 is 0 Å². The molecule has 0 atom stereocenters. The highest BCUT2D eigenvalue weighted by Gasteiger charge is 2.09. The maximum atomic E-state index is 12.1. The van der Waals surface area contributed by atoms with Crippen LogP contribution in [0.2, 0.25) is 0 Å². The molecule has 0 unspecified atom stereocenters. The molecule has 1 aromatic carbocycles. The van der Waals surface area contributed by atoms with Gasteiger partial charge in [0, 0.05) is 33.4 Å². The van der Waals surface area contributed by atoms with Crippen molar-refractivity contribution in [3.05, 3.63) is 41.5 Å². The van der Waals surface area contributed by atoms with Gasteiger partial charge >= 0.3 is 0 Å². The van der Waals surface area contributed by atoms with Gasteiger partial charge in [-0.3, -0.25) is 4.79 Å². The third kappa shape index (κ3) is 5.99. The zero-order chi connectivity index (χ0) is 14.8. The second-order valence-corrected chi connectivity index (χ2v) is 4.55. The summed E-state index contributed by atoms with van der Waals surface area (Å²) in [4.78, 5) is 13.8. The van der Waals surface area contributed by atoms with Gasteiger partial charge in [-0.2, -0.15) is 0 Å². The Morgan fingerprint density at radius 1 is 1.10 bits per heavy atom. The topological polar surface area (TPSA) is 38.8 Å². The van der Waals surface area contributed by atoms with Crippen molar-refractivity contribution in [2.24, 2.45) is 0 Å². The Morgan fingerprint density at radius 2 is 1.65 bits per heavy atom. The van der Waals surface area contributed by atoms with Crippen molar-refractivity contribution in [1.82, 2.24) is 4.90 Å². The first-order valence-corrected chi connectivity index (χ1v) is 6.69. The number of amides is 1. The van der Waals surface area contributed by atoms with Crippen molar-refractivity contribution in [2.45, 2.75) is 6.92 Å². The smallest absolute Gasteiger partial charge is 0.246 e. The molecule has 0 N–H and O–H groups in total. The Balaban J connectivity index is 2.61. The molecule has 0 radical (unpaired) electrons. The van der Waals surface area contributed by atoms with Crippen LogP contribution in [0.4, 0.5) is 0 Å². The minimum Gasteiger partial charge on any atom is -0.383 e. The van der Waals surface area contributed by atoms with E-state index in [0.717, 1.165) is 5.56 Å². The van der Waals surface area contributed by atoms with Crippen LogP contribution in [-0.2, 0) is 14.3 Å². The van der Waals surface area contributed by atoms with E-state index in [0.29, 0.717) is 26.3 Å². The molecule has 4 nitrogen and oxygen atoms in total. The molecule has 0 spiro atoms. The molecule has 1 amide bonds. The lowest BCUT2D eigenvalue weighted by atomic mass is 10.1. The number of benzene rings is 1. The summed E-state index contributed by atoms with van der Waals surface area (Å²) in [5, 5.41) is 0. The molecule has 0 bridgehead atoms. The summed E-state index contributed by atoms with van der Waals surface area (Å²) in [6, 6.07) is 8.04. The molecule has 110 valence electrons. The molecule has 0 fully saturated rings. The zero-order valence-corrected chi connectivity index (χ0v) is 12.5. The van der Waals surface area contributed by atoms with Crippen molar-refractivity contribution in [3.8, 4) is 0 Å². The van der Waals surface area contributed by atoms with E-state index in [-0.39, 0.29) is 5.91 Å². The van der Waals surface area contributed by atoms with Crippen molar-refractivity contribution in [2.75, 3.05) is 40.5 Å². The molecule has 0 aromatic heterocycles. The lowest BCUT2D eigenvalue weighted by Crippen LogP contribution is -2.35. The molecule has 0 aliphatic heterocycles. The van der Waals surface area contributed by atoms with Crippen LogP contribution in [0.5, 0.6) is 0 Å². The largest absolute Gasteiger partial charge is 0.383 e. The maximum Gasteiger partial charge on any atom is 0.246 e. The van der Waals surface area contributed by atoms with Gasteiger partial charge in [0.2, 0.25) is 5.91 Å². The van der Waals surface area contributed by atoms with E-state index < -0.39 is 0 Å². The van der Waals surface area contributed by atoms with E-state index in [9.17, 15) is 4.79 Å². The van der Waals surface area contributed by atoms with Crippen LogP contribution in [-0.4, -0.2) is 51.3 Å². The summed E-state index contributed by atoms with van der Waals surface area (Å²) in [5.41, 5.74) is 2.22. The van der Waals surface area contributed by atoms with Crippen LogP contribution in [0, 0.1) is 6.92 Å². The number of nitrogens with zero attached hydrogens (tertiary/aromatic N) is 1. The van der Waals surface area contributed by atoms with E-state index >= 15 is 0 Å². The number of rotatable bonds is 8. The molecule has 0 aliphatic rings. The minimum absolute atomic E-state index is 0.0281. The van der Waals surface area contributed by atoms with Crippen molar-refractivity contribution in [3.63, 3.8) is 0 Å². The summed E-state index contributed by atoms with van der Waals surface area (Å²) in [6.07, 6.45) is 3.42. The van der Waals surface area contributed by atoms with E-state index in [4.69, 9.17) is 9.47 Å². The predicted octanol–water partition coefficient (Wildman–Crippen LogP) is 2.13. The first-order valence-electron chi connectivity index (χ1n) is 6.69. The lowest BCUT2D eigenvalue weighted by molar-refractivity contribution is -0.127. The number of methoxy groups -OCH3 is 2. The van der Waals surface area contributed by atoms with Gasteiger partial charge in [-0.05, 0) is 18.6 Å². The Kier molecular flexibility index (Phi) is 7.62. The van der Waals surface area contributed by atoms with Gasteiger partial charge in [0.25, 0.3) is 0 Å². The first kappa shape index (κ1) is 16.4. The van der Waals surface area contributed by atoms with Gasteiger partial charge in [0.15, 0.2) is 0 Å². The lowest BCUT2D eigenvalue weighted by Gasteiger charge is -2.20. The van der Waals surface area contributed by atoms with Gasteiger partial charge in [-0.15, -0.1) is 0 Å². The Bertz CT molecular complexity index is 418. The molecule has 0 aliphatic carbocycles. The highest BCUT2D eigenvalue weighted by molar-refractivity contribution is 5.91. The second kappa shape index (κ2) is 9.28. The molecular formula is C16H23NO3. The van der Waals surface area contributed by atoms with Crippen molar-refractivity contribution < 1.29 is 14.3 Å². The summed E-state index contributed by atoms with van der Waals surface area (Å²) in [7, 11) is 3.25. The van der Waals surface area contributed by atoms with Crippen LogP contribution in [0.3, 0.4) is 0 Å². The molecule has 20 heavy (non-hydrogen) atoms.